The molecule has 1 heterocycles. The predicted octanol–water partition coefficient (Wildman–Crippen LogP) is 5.20. The molecule has 1 fully saturated rings. The molecule has 3 aromatic rings. The molecule has 0 saturated heterocycles. The number of sulfone groups is 1. The van der Waals surface area contributed by atoms with Gasteiger partial charge in [0.2, 0.25) is 5.91 Å². The lowest BCUT2D eigenvalue weighted by molar-refractivity contribution is -0.133. The number of benzene rings is 2. The summed E-state index contributed by atoms with van der Waals surface area (Å²) in [5, 5.41) is 0.578. The normalized spacial score (nSPS) is 15.2. The van der Waals surface area contributed by atoms with E-state index in [0.717, 1.165) is 25.7 Å². The topological polar surface area (TPSA) is 59.4 Å². The monoisotopic (exact) mass is 476 g/mol. The number of carbonyl (C=O) groups excluding carboxylic acids is 1. The van der Waals surface area contributed by atoms with E-state index in [0.29, 0.717) is 10.9 Å². The van der Waals surface area contributed by atoms with E-state index in [2.05, 4.69) is 0 Å². The highest BCUT2D eigenvalue weighted by Gasteiger charge is 2.26. The molecule has 0 spiro atoms. The van der Waals surface area contributed by atoms with E-state index in [1.807, 2.05) is 7.05 Å². The average Bonchev–Trinajstić information content (AvgIpc) is 3.16. The largest absolute Gasteiger partial charge is 0.341 e. The molecule has 0 radical (unpaired) electrons. The van der Waals surface area contributed by atoms with Gasteiger partial charge in [-0.1, -0.05) is 55.1 Å². The molecule has 2 aromatic carbocycles. The molecular formula is C24H26ClFN2O3S. The van der Waals surface area contributed by atoms with Crippen molar-refractivity contribution in [2.24, 2.45) is 0 Å². The Hall–Kier alpha value is -2.38. The Morgan fingerprint density at radius 2 is 1.84 bits per heavy atom. The Balaban J connectivity index is 1.66. The SMILES string of the molecule is CN(C(=O)Cn1cc(S(=O)(=O)Cc2c(F)cccc2Cl)c2ccccc21)C1CCCCC1. The quantitative estimate of drug-likeness (QED) is 0.491. The minimum absolute atomic E-state index is 0.0451. The minimum atomic E-state index is -3.91. The van der Waals surface area contributed by atoms with Gasteiger partial charge in [0.15, 0.2) is 9.84 Å². The van der Waals surface area contributed by atoms with E-state index in [9.17, 15) is 17.6 Å². The van der Waals surface area contributed by atoms with Gasteiger partial charge in [0, 0.05) is 40.8 Å². The van der Waals surface area contributed by atoms with Gasteiger partial charge in [0.05, 0.1) is 10.6 Å². The van der Waals surface area contributed by atoms with Gasteiger partial charge in [-0.2, -0.15) is 0 Å². The third kappa shape index (κ3) is 4.55. The number of aromatic nitrogens is 1. The Bertz CT molecular complexity index is 1230. The molecular weight excluding hydrogens is 451 g/mol. The van der Waals surface area contributed by atoms with Gasteiger partial charge < -0.3 is 9.47 Å². The van der Waals surface area contributed by atoms with Crippen LogP contribution in [0.25, 0.3) is 10.9 Å². The summed E-state index contributed by atoms with van der Waals surface area (Å²) >= 11 is 6.06. The zero-order valence-electron chi connectivity index (χ0n) is 17.9. The van der Waals surface area contributed by atoms with Crippen LogP contribution in [0.5, 0.6) is 0 Å². The first-order chi connectivity index (χ1) is 15.3. The first-order valence-electron chi connectivity index (χ1n) is 10.8. The summed E-state index contributed by atoms with van der Waals surface area (Å²) in [7, 11) is -2.09. The molecule has 0 N–H and O–H groups in total. The Labute approximate surface area is 192 Å². The number of para-hydroxylation sites is 1. The Kier molecular flexibility index (Phi) is 6.58. The molecule has 1 aliphatic carbocycles. The van der Waals surface area contributed by atoms with Gasteiger partial charge in [0.1, 0.15) is 12.4 Å². The molecule has 1 aromatic heterocycles. The van der Waals surface area contributed by atoms with Gasteiger partial charge in [-0.15, -0.1) is 0 Å². The highest BCUT2D eigenvalue weighted by Crippen LogP contribution is 2.31. The van der Waals surface area contributed by atoms with Gasteiger partial charge in [0.25, 0.3) is 0 Å². The summed E-state index contributed by atoms with van der Waals surface area (Å²) in [6.07, 6.45) is 6.93. The van der Waals surface area contributed by atoms with E-state index < -0.39 is 21.4 Å². The van der Waals surface area contributed by atoms with E-state index in [1.54, 1.807) is 33.7 Å². The molecule has 0 atom stereocenters. The fourth-order valence-electron chi connectivity index (χ4n) is 4.46. The lowest BCUT2D eigenvalue weighted by atomic mass is 9.94. The average molecular weight is 477 g/mol. The predicted molar refractivity (Wildman–Crippen MR) is 124 cm³/mol. The third-order valence-electron chi connectivity index (χ3n) is 6.30. The van der Waals surface area contributed by atoms with Crippen LogP contribution < -0.4 is 0 Å². The van der Waals surface area contributed by atoms with Crippen molar-refractivity contribution in [1.82, 2.24) is 9.47 Å². The molecule has 5 nitrogen and oxygen atoms in total. The number of hydrogen-bond donors (Lipinski definition) is 0. The van der Waals surface area contributed by atoms with Crippen LogP contribution in [0.15, 0.2) is 53.6 Å². The van der Waals surface area contributed by atoms with Gasteiger partial charge in [-0.25, -0.2) is 12.8 Å². The van der Waals surface area contributed by atoms with Crippen LogP contribution in [-0.4, -0.2) is 36.9 Å². The second-order valence-electron chi connectivity index (χ2n) is 8.39. The highest BCUT2D eigenvalue weighted by molar-refractivity contribution is 7.90. The number of likely N-dealkylation sites (N-methyl/N-ethyl adjacent to an activating group) is 1. The van der Waals surface area contributed by atoms with E-state index in [-0.39, 0.29) is 34.0 Å². The third-order valence-corrected chi connectivity index (χ3v) is 8.32. The van der Waals surface area contributed by atoms with Crippen molar-refractivity contribution in [3.63, 3.8) is 0 Å². The van der Waals surface area contributed by atoms with Crippen LogP contribution >= 0.6 is 11.6 Å². The van der Waals surface area contributed by atoms with E-state index >= 15 is 0 Å². The Morgan fingerprint density at radius 3 is 2.56 bits per heavy atom. The van der Waals surface area contributed by atoms with Crippen molar-refractivity contribution >= 4 is 38.2 Å². The van der Waals surface area contributed by atoms with Crippen LogP contribution in [0.4, 0.5) is 4.39 Å². The summed E-state index contributed by atoms with van der Waals surface area (Å²) in [6.45, 7) is 0.0451. The zero-order chi connectivity index (χ0) is 22.9. The number of hydrogen-bond acceptors (Lipinski definition) is 3. The van der Waals surface area contributed by atoms with Crippen molar-refractivity contribution in [1.29, 1.82) is 0 Å². The van der Waals surface area contributed by atoms with Crippen molar-refractivity contribution in [3.8, 4) is 0 Å². The van der Waals surface area contributed by atoms with Gasteiger partial charge >= 0.3 is 0 Å². The summed E-state index contributed by atoms with van der Waals surface area (Å²) in [6, 6.07) is 11.4. The first-order valence-corrected chi connectivity index (χ1v) is 12.8. The smallest absolute Gasteiger partial charge is 0.242 e. The molecule has 1 amide bonds. The molecule has 0 bridgehead atoms. The summed E-state index contributed by atoms with van der Waals surface area (Å²) in [4.78, 5) is 14.8. The first kappa shape index (κ1) is 22.8. The lowest BCUT2D eigenvalue weighted by Gasteiger charge is -2.31. The molecule has 170 valence electrons. The van der Waals surface area contributed by atoms with Crippen molar-refractivity contribution < 1.29 is 17.6 Å². The molecule has 1 aliphatic rings. The summed E-state index contributed by atoms with van der Waals surface area (Å²) < 4.78 is 42.5. The number of rotatable bonds is 6. The van der Waals surface area contributed by atoms with Crippen LogP contribution in [0, 0.1) is 5.82 Å². The van der Waals surface area contributed by atoms with Crippen molar-refractivity contribution in [2.45, 2.75) is 55.3 Å². The van der Waals surface area contributed by atoms with E-state index in [1.165, 1.54) is 30.8 Å². The summed E-state index contributed by atoms with van der Waals surface area (Å²) in [5.41, 5.74) is 0.593. The van der Waals surface area contributed by atoms with Crippen LogP contribution in [0.1, 0.15) is 37.7 Å². The number of amides is 1. The molecule has 0 aliphatic heterocycles. The Morgan fingerprint density at radius 1 is 1.12 bits per heavy atom. The maximum Gasteiger partial charge on any atom is 0.242 e. The molecule has 1 saturated carbocycles. The second kappa shape index (κ2) is 9.24. The lowest BCUT2D eigenvalue weighted by Crippen LogP contribution is -2.40. The molecule has 32 heavy (non-hydrogen) atoms. The van der Waals surface area contributed by atoms with Crippen LogP contribution in [0.2, 0.25) is 5.02 Å². The summed E-state index contributed by atoms with van der Waals surface area (Å²) in [5.74, 6) is -1.27. The highest BCUT2D eigenvalue weighted by atomic mass is 35.5. The maximum atomic E-state index is 14.2. The fourth-order valence-corrected chi connectivity index (χ4v) is 6.39. The second-order valence-corrected chi connectivity index (χ2v) is 10.8. The molecule has 4 rings (SSSR count). The zero-order valence-corrected chi connectivity index (χ0v) is 19.5. The number of carbonyl (C=O) groups is 1. The molecule has 0 unspecified atom stereocenters. The minimum Gasteiger partial charge on any atom is -0.341 e. The maximum absolute atomic E-state index is 14.2. The fraction of sp³-hybridized carbons (Fsp3) is 0.375. The van der Waals surface area contributed by atoms with Crippen LogP contribution in [0.3, 0.4) is 0 Å². The number of fused-ring (bicyclic) bond motifs is 1. The number of halogens is 2. The van der Waals surface area contributed by atoms with Crippen LogP contribution in [-0.2, 0) is 26.9 Å². The van der Waals surface area contributed by atoms with Crippen molar-refractivity contribution in [2.75, 3.05) is 7.05 Å². The van der Waals surface area contributed by atoms with Crippen molar-refractivity contribution in [3.05, 3.63) is 65.1 Å². The van der Waals surface area contributed by atoms with Gasteiger partial charge in [-0.3, -0.25) is 4.79 Å². The number of nitrogens with zero attached hydrogens (tertiary/aromatic N) is 2. The van der Waals surface area contributed by atoms with E-state index in [4.69, 9.17) is 11.6 Å². The van der Waals surface area contributed by atoms with Gasteiger partial charge in [-0.05, 0) is 31.0 Å². The standard InChI is InChI=1S/C24H26ClFN2O3S/c1-27(17-8-3-2-4-9-17)24(29)15-28-14-23(18-10-5-6-13-22(18)28)32(30,31)16-19-20(25)11-7-12-21(19)26/h5-7,10-14,17H,2-4,8-9,15-16H2,1H3. The molecule has 8 heteroatoms.